The fourth-order valence-corrected chi connectivity index (χ4v) is 2.24. The minimum atomic E-state index is 0.728. The summed E-state index contributed by atoms with van der Waals surface area (Å²) in [6, 6.07) is 0. The van der Waals surface area contributed by atoms with Gasteiger partial charge in [0.2, 0.25) is 0 Å². The molecule has 6 nitrogen and oxygen atoms in total. The molecule has 0 atom stereocenters. The highest BCUT2D eigenvalue weighted by Crippen LogP contribution is 2.10. The van der Waals surface area contributed by atoms with Crippen molar-refractivity contribution in [3.8, 4) is 0 Å². The molecule has 1 aliphatic heterocycles. The quantitative estimate of drug-likeness (QED) is 0.753. The molecule has 0 amide bonds. The van der Waals surface area contributed by atoms with Gasteiger partial charge in [0.25, 0.3) is 0 Å². The van der Waals surface area contributed by atoms with Crippen molar-refractivity contribution in [3.05, 3.63) is 47.1 Å². The lowest BCUT2D eigenvalue weighted by atomic mass is 10.3. The number of fused-ring (bicyclic) bond motifs is 1. The van der Waals surface area contributed by atoms with Crippen LogP contribution in [0.3, 0.4) is 0 Å². The van der Waals surface area contributed by atoms with Crippen molar-refractivity contribution in [3.63, 3.8) is 0 Å². The van der Waals surface area contributed by atoms with Crippen LogP contribution in [0.4, 0.5) is 5.82 Å². The average Bonchev–Trinajstić information content (AvgIpc) is 3.16. The minimum absolute atomic E-state index is 0.728. The van der Waals surface area contributed by atoms with E-state index in [1.165, 1.54) is 0 Å². The Kier molecular flexibility index (Phi) is 3.70. The van der Waals surface area contributed by atoms with Crippen LogP contribution >= 0.6 is 0 Å². The minimum Gasteiger partial charge on any atom is -0.338 e. The number of hydrogen-bond acceptors (Lipinski definition) is 5. The summed E-state index contributed by atoms with van der Waals surface area (Å²) in [7, 11) is 0. The van der Waals surface area contributed by atoms with Gasteiger partial charge in [0.15, 0.2) is 11.5 Å². The average molecular weight is 282 g/mol. The smallest absolute Gasteiger partial charge is 0.180 e. The molecule has 3 N–H and O–H groups in total. The zero-order chi connectivity index (χ0) is 14.7. The highest BCUT2D eigenvalue weighted by atomic mass is 15.4. The topological polar surface area (TPSA) is 66.3 Å². The Bertz CT molecular complexity index is 828. The zero-order valence-electron chi connectivity index (χ0n) is 12.1. The third-order valence-corrected chi connectivity index (χ3v) is 3.23. The highest BCUT2D eigenvalue weighted by molar-refractivity contribution is 5.65. The predicted octanol–water partition coefficient (Wildman–Crippen LogP) is 0.247. The van der Waals surface area contributed by atoms with E-state index in [0.29, 0.717) is 0 Å². The molecule has 0 aliphatic carbocycles. The van der Waals surface area contributed by atoms with Crippen molar-refractivity contribution in [2.45, 2.75) is 13.8 Å². The highest BCUT2D eigenvalue weighted by Gasteiger charge is 2.10. The maximum atomic E-state index is 4.70. The van der Waals surface area contributed by atoms with Gasteiger partial charge in [0.05, 0.1) is 17.2 Å². The van der Waals surface area contributed by atoms with Crippen LogP contribution in [0.15, 0.2) is 36.4 Å². The maximum Gasteiger partial charge on any atom is 0.180 e. The summed E-state index contributed by atoms with van der Waals surface area (Å²) in [5.74, 6) is 0.752. The largest absolute Gasteiger partial charge is 0.338 e. The van der Waals surface area contributed by atoms with E-state index in [1.807, 2.05) is 54.9 Å². The molecular weight excluding hydrogens is 264 g/mol. The first-order chi connectivity index (χ1) is 10.3. The number of nitrogens with zero attached hydrogens (tertiary/aromatic N) is 3. The molecule has 21 heavy (non-hydrogen) atoms. The molecule has 0 saturated heterocycles. The Morgan fingerprint density at radius 1 is 1.38 bits per heavy atom. The molecule has 0 radical (unpaired) electrons. The van der Waals surface area contributed by atoms with E-state index in [1.54, 1.807) is 6.20 Å². The second kappa shape index (κ2) is 5.80. The monoisotopic (exact) mass is 282 g/mol. The lowest BCUT2D eigenvalue weighted by Crippen LogP contribution is -2.35. The van der Waals surface area contributed by atoms with Crippen molar-refractivity contribution in [2.75, 3.05) is 11.9 Å². The van der Waals surface area contributed by atoms with Crippen LogP contribution in [0, 0.1) is 0 Å². The Hall–Kier alpha value is -2.60. The van der Waals surface area contributed by atoms with Gasteiger partial charge in [-0.1, -0.05) is 18.2 Å². The molecule has 3 heterocycles. The third-order valence-electron chi connectivity index (χ3n) is 3.23. The molecule has 0 fully saturated rings. The van der Waals surface area contributed by atoms with Crippen molar-refractivity contribution in [1.82, 2.24) is 25.2 Å². The van der Waals surface area contributed by atoms with Crippen LogP contribution in [0.5, 0.6) is 0 Å². The van der Waals surface area contributed by atoms with Gasteiger partial charge in [-0.15, -0.1) is 0 Å². The summed E-state index contributed by atoms with van der Waals surface area (Å²) >= 11 is 0. The Morgan fingerprint density at radius 3 is 3.00 bits per heavy atom. The molecule has 0 spiro atoms. The summed E-state index contributed by atoms with van der Waals surface area (Å²) < 4.78 is 2.04. The number of aromatic nitrogens is 3. The van der Waals surface area contributed by atoms with Crippen LogP contribution in [0.1, 0.15) is 13.8 Å². The molecule has 108 valence electrons. The second-order valence-corrected chi connectivity index (χ2v) is 4.63. The number of rotatable bonds is 3. The van der Waals surface area contributed by atoms with Gasteiger partial charge in [-0.2, -0.15) is 0 Å². The standard InChI is InChI=1S/C15H18N6/c1-3-5-6-13-12(4-2)20-14(15-16-7-8-21(13)15)19-11-9-17-18-10-11/h3-9,17-18H,10H2,1-2H3,(H,19,20)/b5-3-,12-4+,13-6+. The van der Waals surface area contributed by atoms with Gasteiger partial charge in [0, 0.05) is 24.3 Å². The Labute approximate surface area is 122 Å². The summed E-state index contributed by atoms with van der Waals surface area (Å²) in [6.07, 6.45) is 13.7. The van der Waals surface area contributed by atoms with Crippen molar-refractivity contribution in [2.24, 2.45) is 0 Å². The first kappa shape index (κ1) is 13.4. The van der Waals surface area contributed by atoms with Gasteiger partial charge in [0.1, 0.15) is 0 Å². The fourth-order valence-electron chi connectivity index (χ4n) is 2.24. The number of imidazole rings is 1. The summed E-state index contributed by atoms with van der Waals surface area (Å²) in [5, 5.41) is 5.25. The third kappa shape index (κ3) is 2.53. The number of anilines is 1. The van der Waals surface area contributed by atoms with E-state index >= 15 is 0 Å². The van der Waals surface area contributed by atoms with E-state index in [2.05, 4.69) is 21.2 Å². The maximum absolute atomic E-state index is 4.70. The van der Waals surface area contributed by atoms with Gasteiger partial charge in [-0.25, -0.2) is 15.4 Å². The van der Waals surface area contributed by atoms with Gasteiger partial charge in [-0.05, 0) is 19.9 Å². The van der Waals surface area contributed by atoms with Crippen LogP contribution < -0.4 is 26.9 Å². The van der Waals surface area contributed by atoms with Gasteiger partial charge < -0.3 is 10.7 Å². The summed E-state index contributed by atoms with van der Waals surface area (Å²) in [5.41, 5.74) is 7.81. The molecule has 6 heteroatoms. The van der Waals surface area contributed by atoms with Crippen molar-refractivity contribution >= 4 is 23.6 Å². The van der Waals surface area contributed by atoms with E-state index in [9.17, 15) is 0 Å². The lowest BCUT2D eigenvalue weighted by molar-refractivity contribution is 0.722. The molecule has 3 rings (SSSR count). The van der Waals surface area contributed by atoms with Crippen LogP contribution in [0.2, 0.25) is 0 Å². The molecule has 0 unspecified atom stereocenters. The molecule has 0 bridgehead atoms. The molecule has 0 aromatic carbocycles. The molecule has 1 aliphatic rings. The van der Waals surface area contributed by atoms with Crippen LogP contribution in [-0.4, -0.2) is 20.9 Å². The van der Waals surface area contributed by atoms with E-state index in [-0.39, 0.29) is 0 Å². The van der Waals surface area contributed by atoms with Gasteiger partial charge >= 0.3 is 0 Å². The van der Waals surface area contributed by atoms with E-state index in [4.69, 9.17) is 4.98 Å². The molecular formula is C15H18N6. The number of hydrazine groups is 1. The zero-order valence-corrected chi connectivity index (χ0v) is 12.1. The summed E-state index contributed by atoms with van der Waals surface area (Å²) in [6.45, 7) is 4.71. The second-order valence-electron chi connectivity index (χ2n) is 4.63. The number of hydrogen-bond donors (Lipinski definition) is 3. The van der Waals surface area contributed by atoms with E-state index < -0.39 is 0 Å². The number of allylic oxidation sites excluding steroid dienone is 2. The van der Waals surface area contributed by atoms with Crippen LogP contribution in [0.25, 0.3) is 17.8 Å². The van der Waals surface area contributed by atoms with Crippen LogP contribution in [-0.2, 0) is 0 Å². The first-order valence-electron chi connectivity index (χ1n) is 6.90. The first-order valence-corrected chi connectivity index (χ1v) is 6.90. The molecule has 0 saturated carbocycles. The SMILES string of the molecule is C\C=C/C=c1\c(=C/C)nc(NC2=CNNC2)c2nccn12. The van der Waals surface area contributed by atoms with Crippen molar-refractivity contribution in [1.29, 1.82) is 0 Å². The van der Waals surface area contributed by atoms with Gasteiger partial charge in [-0.3, -0.25) is 4.40 Å². The summed E-state index contributed by atoms with van der Waals surface area (Å²) in [4.78, 5) is 9.11. The number of nitrogens with one attached hydrogen (secondary N) is 3. The molecule has 2 aromatic rings. The Balaban J connectivity index is 2.21. The fraction of sp³-hybridized carbons (Fsp3) is 0.200. The lowest BCUT2D eigenvalue weighted by Gasteiger charge is -2.07. The Morgan fingerprint density at radius 2 is 2.29 bits per heavy atom. The molecule has 2 aromatic heterocycles. The predicted molar refractivity (Wildman–Crippen MR) is 84.5 cm³/mol. The normalized spacial score (nSPS) is 16.8. The van der Waals surface area contributed by atoms with E-state index in [0.717, 1.165) is 34.4 Å². The van der Waals surface area contributed by atoms with Crippen molar-refractivity contribution < 1.29 is 0 Å².